The van der Waals surface area contributed by atoms with E-state index in [1.807, 2.05) is 16.3 Å². The van der Waals surface area contributed by atoms with Crippen LogP contribution >= 0.6 is 23.1 Å². The Labute approximate surface area is 134 Å². The van der Waals surface area contributed by atoms with Crippen LogP contribution < -0.4 is 4.74 Å². The van der Waals surface area contributed by atoms with Crippen molar-refractivity contribution in [3.05, 3.63) is 35.3 Å². The second-order valence-corrected chi connectivity index (χ2v) is 6.43. The number of carbonyl (C=O) groups is 1. The first-order valence-corrected chi connectivity index (χ1v) is 8.48. The molecule has 0 N–H and O–H groups in total. The lowest BCUT2D eigenvalue weighted by atomic mass is 10.2. The minimum Gasteiger partial charge on any atom is -0.465 e. The van der Waals surface area contributed by atoms with E-state index in [9.17, 15) is 4.79 Å². The van der Waals surface area contributed by atoms with Gasteiger partial charge in [-0.2, -0.15) is 8.75 Å². The zero-order chi connectivity index (χ0) is 14.9. The highest BCUT2D eigenvalue weighted by atomic mass is 32.1. The monoisotopic (exact) mass is 332 g/mol. The third-order valence-electron chi connectivity index (χ3n) is 3.61. The van der Waals surface area contributed by atoms with E-state index in [4.69, 9.17) is 4.74 Å². The van der Waals surface area contributed by atoms with Crippen LogP contribution in [-0.4, -0.2) is 43.7 Å². The van der Waals surface area contributed by atoms with Gasteiger partial charge in [-0.15, -0.1) is 0 Å². The van der Waals surface area contributed by atoms with Gasteiger partial charge in [0.05, 0.1) is 18.3 Å². The Morgan fingerprint density at radius 3 is 3.09 bits per heavy atom. The summed E-state index contributed by atoms with van der Waals surface area (Å²) < 4.78 is 14.1. The Morgan fingerprint density at radius 2 is 2.23 bits per heavy atom. The summed E-state index contributed by atoms with van der Waals surface area (Å²) in [4.78, 5) is 18.5. The summed E-state index contributed by atoms with van der Waals surface area (Å²) in [5, 5.41) is 2.54. The number of rotatable bonds is 3. The first kappa shape index (κ1) is 13.6. The van der Waals surface area contributed by atoms with E-state index in [-0.39, 0.29) is 12.0 Å². The zero-order valence-corrected chi connectivity index (χ0v) is 13.1. The molecule has 1 atom stereocenters. The highest BCUT2D eigenvalue weighted by molar-refractivity contribution is 7.11. The molecule has 0 bridgehead atoms. The van der Waals surface area contributed by atoms with Crippen LogP contribution in [0, 0.1) is 0 Å². The van der Waals surface area contributed by atoms with Crippen LogP contribution in [0.1, 0.15) is 16.8 Å². The number of fused-ring (bicyclic) bond motifs is 1. The second-order valence-electron chi connectivity index (χ2n) is 5.05. The molecule has 3 heterocycles. The lowest BCUT2D eigenvalue weighted by Crippen LogP contribution is -2.30. The third-order valence-corrected chi connectivity index (χ3v) is 4.83. The van der Waals surface area contributed by atoms with E-state index in [0.717, 1.165) is 29.2 Å². The van der Waals surface area contributed by atoms with Gasteiger partial charge in [0.25, 0.3) is 11.1 Å². The Bertz CT molecular complexity index is 802. The van der Waals surface area contributed by atoms with E-state index < -0.39 is 0 Å². The van der Waals surface area contributed by atoms with Crippen LogP contribution in [0.4, 0.5) is 0 Å². The fourth-order valence-electron chi connectivity index (χ4n) is 2.52. The molecule has 6 nitrogen and oxygen atoms in total. The number of hydrogen-bond acceptors (Lipinski definition) is 7. The normalized spacial score (nSPS) is 18.0. The molecular formula is C14H12N4O2S2. The van der Waals surface area contributed by atoms with Crippen molar-refractivity contribution in [1.82, 2.24) is 18.6 Å². The fourth-order valence-corrected chi connectivity index (χ4v) is 3.59. The van der Waals surface area contributed by atoms with Crippen molar-refractivity contribution in [3.8, 4) is 5.19 Å². The van der Waals surface area contributed by atoms with Gasteiger partial charge in [0, 0.05) is 30.1 Å². The number of hydrogen-bond donors (Lipinski definition) is 0. The van der Waals surface area contributed by atoms with Crippen molar-refractivity contribution in [3.63, 3.8) is 0 Å². The number of likely N-dealkylation sites (tertiary alicyclic amines) is 1. The standard InChI is InChI=1S/C14H12N4O2S2/c19-13(9-1-2-11-12(7-9)17-22-16-11)18-5-3-10(8-18)20-14-15-4-6-21-14/h1-2,4,6-7,10H,3,5,8H2. The summed E-state index contributed by atoms with van der Waals surface area (Å²) in [5.74, 6) is 0.0140. The van der Waals surface area contributed by atoms with Crippen LogP contribution in [0.25, 0.3) is 11.0 Å². The van der Waals surface area contributed by atoms with Crippen molar-refractivity contribution >= 4 is 40.0 Å². The summed E-state index contributed by atoms with van der Waals surface area (Å²) in [7, 11) is 0. The quantitative estimate of drug-likeness (QED) is 0.737. The van der Waals surface area contributed by atoms with E-state index in [1.165, 1.54) is 11.3 Å². The van der Waals surface area contributed by atoms with Gasteiger partial charge in [-0.05, 0) is 18.2 Å². The largest absolute Gasteiger partial charge is 0.465 e. The zero-order valence-electron chi connectivity index (χ0n) is 11.5. The Kier molecular flexibility index (Phi) is 3.47. The fraction of sp³-hybridized carbons (Fsp3) is 0.286. The molecule has 1 aliphatic heterocycles. The molecule has 22 heavy (non-hydrogen) atoms. The number of ether oxygens (including phenoxy) is 1. The molecular weight excluding hydrogens is 320 g/mol. The van der Waals surface area contributed by atoms with Crippen LogP contribution in [0.3, 0.4) is 0 Å². The molecule has 1 unspecified atom stereocenters. The molecule has 2 aromatic heterocycles. The highest BCUT2D eigenvalue weighted by Crippen LogP contribution is 2.22. The second kappa shape index (κ2) is 5.62. The van der Waals surface area contributed by atoms with Gasteiger partial charge in [0.1, 0.15) is 17.1 Å². The molecule has 0 radical (unpaired) electrons. The Balaban J connectivity index is 1.46. The number of aromatic nitrogens is 3. The molecule has 1 aliphatic rings. The SMILES string of the molecule is O=C(c1ccc2nsnc2c1)N1CCC(Oc2nccs2)C1. The van der Waals surface area contributed by atoms with Gasteiger partial charge in [-0.1, -0.05) is 11.3 Å². The smallest absolute Gasteiger partial charge is 0.273 e. The van der Waals surface area contributed by atoms with E-state index in [2.05, 4.69) is 13.7 Å². The maximum Gasteiger partial charge on any atom is 0.273 e. The molecule has 0 saturated carbocycles. The summed E-state index contributed by atoms with van der Waals surface area (Å²) in [6.45, 7) is 1.29. The molecule has 1 saturated heterocycles. The lowest BCUT2D eigenvalue weighted by Gasteiger charge is -2.16. The lowest BCUT2D eigenvalue weighted by molar-refractivity contribution is 0.0772. The van der Waals surface area contributed by atoms with Crippen molar-refractivity contribution < 1.29 is 9.53 Å². The summed E-state index contributed by atoms with van der Waals surface area (Å²) >= 11 is 2.62. The van der Waals surface area contributed by atoms with Crippen LogP contribution in [0.5, 0.6) is 5.19 Å². The maximum atomic E-state index is 12.6. The van der Waals surface area contributed by atoms with Gasteiger partial charge in [0.15, 0.2) is 0 Å². The van der Waals surface area contributed by atoms with Crippen molar-refractivity contribution in [2.24, 2.45) is 0 Å². The maximum absolute atomic E-state index is 12.6. The molecule has 1 amide bonds. The number of carbonyl (C=O) groups excluding carboxylic acids is 1. The number of amides is 1. The average molecular weight is 332 g/mol. The molecule has 112 valence electrons. The Hall–Kier alpha value is -2.06. The molecule has 1 fully saturated rings. The first-order valence-electron chi connectivity index (χ1n) is 6.87. The van der Waals surface area contributed by atoms with Gasteiger partial charge in [-0.25, -0.2) is 4.98 Å². The molecule has 0 aliphatic carbocycles. The Morgan fingerprint density at radius 1 is 1.32 bits per heavy atom. The predicted octanol–water partition coefficient (Wildman–Crippen LogP) is 2.44. The van der Waals surface area contributed by atoms with Crippen LogP contribution in [-0.2, 0) is 0 Å². The predicted molar refractivity (Wildman–Crippen MR) is 84.5 cm³/mol. The topological polar surface area (TPSA) is 68.2 Å². The van der Waals surface area contributed by atoms with Crippen molar-refractivity contribution in [2.75, 3.05) is 13.1 Å². The third kappa shape index (κ3) is 2.55. The number of nitrogens with zero attached hydrogens (tertiary/aromatic N) is 4. The van der Waals surface area contributed by atoms with Crippen LogP contribution in [0.15, 0.2) is 29.8 Å². The van der Waals surface area contributed by atoms with E-state index in [0.29, 0.717) is 23.8 Å². The molecule has 4 rings (SSSR count). The first-order chi connectivity index (χ1) is 10.8. The van der Waals surface area contributed by atoms with Crippen molar-refractivity contribution in [2.45, 2.75) is 12.5 Å². The number of thiazole rings is 1. The average Bonchev–Trinajstić information content (AvgIpc) is 3.27. The minimum absolute atomic E-state index is 0.0137. The number of benzene rings is 1. The minimum atomic E-state index is 0.0137. The van der Waals surface area contributed by atoms with Gasteiger partial charge < -0.3 is 9.64 Å². The van der Waals surface area contributed by atoms with Gasteiger partial charge in [-0.3, -0.25) is 4.79 Å². The molecule has 3 aromatic rings. The van der Waals surface area contributed by atoms with Gasteiger partial charge in [0.2, 0.25) is 0 Å². The van der Waals surface area contributed by atoms with Crippen LogP contribution in [0.2, 0.25) is 0 Å². The summed E-state index contributed by atoms with van der Waals surface area (Å²) in [6, 6.07) is 5.45. The molecule has 8 heteroatoms. The summed E-state index contributed by atoms with van der Waals surface area (Å²) in [5.41, 5.74) is 2.24. The summed E-state index contributed by atoms with van der Waals surface area (Å²) in [6.07, 6.45) is 2.56. The highest BCUT2D eigenvalue weighted by Gasteiger charge is 2.29. The van der Waals surface area contributed by atoms with E-state index in [1.54, 1.807) is 18.3 Å². The van der Waals surface area contributed by atoms with Gasteiger partial charge >= 0.3 is 0 Å². The van der Waals surface area contributed by atoms with Crippen molar-refractivity contribution in [1.29, 1.82) is 0 Å². The van der Waals surface area contributed by atoms with E-state index >= 15 is 0 Å². The molecule has 0 spiro atoms. The molecule has 1 aromatic carbocycles.